The van der Waals surface area contributed by atoms with Gasteiger partial charge >= 0.3 is 0 Å². The number of nitrogens with one attached hydrogen (secondary N) is 1. The van der Waals surface area contributed by atoms with Crippen molar-refractivity contribution in [3.8, 4) is 0 Å². The summed E-state index contributed by atoms with van der Waals surface area (Å²) < 4.78 is 0. The average molecular weight is 195 g/mol. The first kappa shape index (κ1) is 10.5. The standard InChI is InChI=1S/C13H25N/c1-4-11-7-9(2)5-6-12(11)14-13-8-10(13)3/h9-14H,4-8H2,1-3H3/t9?,10-,11?,12?,13-/m1/s1. The molecule has 0 saturated heterocycles. The van der Waals surface area contributed by atoms with E-state index in [2.05, 4.69) is 26.1 Å². The average Bonchev–Trinajstić information content (AvgIpc) is 2.85. The maximum atomic E-state index is 3.86. The third-order valence-electron chi connectivity index (χ3n) is 4.31. The molecule has 2 saturated carbocycles. The van der Waals surface area contributed by atoms with Crippen molar-refractivity contribution in [3.63, 3.8) is 0 Å². The highest BCUT2D eigenvalue weighted by Crippen LogP contribution is 2.35. The lowest BCUT2D eigenvalue weighted by Gasteiger charge is -2.35. The minimum absolute atomic E-state index is 0.839. The van der Waals surface area contributed by atoms with E-state index in [1.54, 1.807) is 0 Å². The van der Waals surface area contributed by atoms with Crippen LogP contribution >= 0.6 is 0 Å². The highest BCUT2D eigenvalue weighted by molar-refractivity contribution is 4.94. The molecule has 0 heterocycles. The summed E-state index contributed by atoms with van der Waals surface area (Å²) in [7, 11) is 0. The molecule has 0 aliphatic heterocycles. The van der Waals surface area contributed by atoms with E-state index in [4.69, 9.17) is 0 Å². The van der Waals surface area contributed by atoms with Crippen LogP contribution in [-0.2, 0) is 0 Å². The zero-order valence-electron chi connectivity index (χ0n) is 9.92. The van der Waals surface area contributed by atoms with Crippen molar-refractivity contribution in [3.05, 3.63) is 0 Å². The molecule has 2 aliphatic carbocycles. The maximum Gasteiger partial charge on any atom is 0.00990 e. The Morgan fingerprint density at radius 2 is 1.79 bits per heavy atom. The van der Waals surface area contributed by atoms with Crippen LogP contribution in [0, 0.1) is 17.8 Å². The maximum absolute atomic E-state index is 3.86. The first-order valence-electron chi connectivity index (χ1n) is 6.46. The fraction of sp³-hybridized carbons (Fsp3) is 1.00. The topological polar surface area (TPSA) is 12.0 Å². The summed E-state index contributed by atoms with van der Waals surface area (Å²) in [5, 5.41) is 3.86. The molecule has 3 unspecified atom stereocenters. The molecule has 1 heteroatoms. The van der Waals surface area contributed by atoms with Gasteiger partial charge in [-0.1, -0.05) is 27.2 Å². The van der Waals surface area contributed by atoms with E-state index in [1.165, 1.54) is 32.1 Å². The molecule has 2 rings (SSSR count). The van der Waals surface area contributed by atoms with Crippen LogP contribution in [0.4, 0.5) is 0 Å². The predicted octanol–water partition coefficient (Wildman–Crippen LogP) is 3.20. The molecule has 0 radical (unpaired) electrons. The van der Waals surface area contributed by atoms with Crippen molar-refractivity contribution >= 4 is 0 Å². The van der Waals surface area contributed by atoms with Gasteiger partial charge in [0.25, 0.3) is 0 Å². The van der Waals surface area contributed by atoms with E-state index in [1.807, 2.05) is 0 Å². The number of hydrogen-bond acceptors (Lipinski definition) is 1. The van der Waals surface area contributed by atoms with Gasteiger partial charge in [0, 0.05) is 12.1 Å². The van der Waals surface area contributed by atoms with Crippen LogP contribution in [0.15, 0.2) is 0 Å². The number of hydrogen-bond donors (Lipinski definition) is 1. The first-order chi connectivity index (χ1) is 6.70. The van der Waals surface area contributed by atoms with Crippen LogP contribution in [0.1, 0.15) is 52.9 Å². The fourth-order valence-electron chi connectivity index (χ4n) is 3.00. The van der Waals surface area contributed by atoms with Crippen molar-refractivity contribution in [1.29, 1.82) is 0 Å². The summed E-state index contributed by atoms with van der Waals surface area (Å²) in [5.41, 5.74) is 0. The van der Waals surface area contributed by atoms with E-state index < -0.39 is 0 Å². The second-order valence-electron chi connectivity index (χ2n) is 5.68. The summed E-state index contributed by atoms with van der Waals surface area (Å²) in [6.45, 7) is 7.14. The normalized spacial score (nSPS) is 47.8. The summed E-state index contributed by atoms with van der Waals surface area (Å²) >= 11 is 0. The van der Waals surface area contributed by atoms with Gasteiger partial charge in [-0.15, -0.1) is 0 Å². The molecule has 1 N–H and O–H groups in total. The van der Waals surface area contributed by atoms with Crippen LogP contribution in [0.2, 0.25) is 0 Å². The Balaban J connectivity index is 1.83. The molecule has 0 aromatic carbocycles. The largest absolute Gasteiger partial charge is 0.311 e. The molecular formula is C13H25N. The quantitative estimate of drug-likeness (QED) is 0.729. The fourth-order valence-corrected chi connectivity index (χ4v) is 3.00. The van der Waals surface area contributed by atoms with Crippen LogP contribution in [-0.4, -0.2) is 12.1 Å². The van der Waals surface area contributed by atoms with Crippen LogP contribution in [0.3, 0.4) is 0 Å². The van der Waals surface area contributed by atoms with Gasteiger partial charge in [-0.2, -0.15) is 0 Å². The van der Waals surface area contributed by atoms with Gasteiger partial charge in [0.1, 0.15) is 0 Å². The van der Waals surface area contributed by atoms with Gasteiger partial charge in [0.2, 0.25) is 0 Å². The summed E-state index contributed by atoms with van der Waals surface area (Å²) in [6, 6.07) is 1.70. The van der Waals surface area contributed by atoms with E-state index in [0.29, 0.717) is 0 Å². The molecule has 1 nitrogen and oxygen atoms in total. The predicted molar refractivity (Wildman–Crippen MR) is 61.3 cm³/mol. The molecule has 2 aliphatic rings. The lowest BCUT2D eigenvalue weighted by molar-refractivity contribution is 0.205. The summed E-state index contributed by atoms with van der Waals surface area (Å²) in [5.74, 6) is 2.87. The second kappa shape index (κ2) is 4.22. The van der Waals surface area contributed by atoms with Gasteiger partial charge in [0.15, 0.2) is 0 Å². The molecule has 0 bridgehead atoms. The van der Waals surface area contributed by atoms with Crippen molar-refractivity contribution in [2.24, 2.45) is 17.8 Å². The van der Waals surface area contributed by atoms with Crippen LogP contribution in [0.25, 0.3) is 0 Å². The molecule has 0 aromatic heterocycles. The lowest BCUT2D eigenvalue weighted by atomic mass is 9.77. The number of rotatable bonds is 3. The molecular weight excluding hydrogens is 170 g/mol. The molecule has 0 aromatic rings. The Kier molecular flexibility index (Phi) is 3.16. The van der Waals surface area contributed by atoms with Crippen molar-refractivity contribution in [2.45, 2.75) is 65.0 Å². The van der Waals surface area contributed by atoms with Gasteiger partial charge < -0.3 is 5.32 Å². The third kappa shape index (κ3) is 2.31. The van der Waals surface area contributed by atoms with E-state index >= 15 is 0 Å². The van der Waals surface area contributed by atoms with Gasteiger partial charge in [-0.3, -0.25) is 0 Å². The van der Waals surface area contributed by atoms with E-state index in [-0.39, 0.29) is 0 Å². The first-order valence-corrected chi connectivity index (χ1v) is 6.46. The minimum Gasteiger partial charge on any atom is -0.311 e. The van der Waals surface area contributed by atoms with Gasteiger partial charge in [-0.25, -0.2) is 0 Å². The van der Waals surface area contributed by atoms with Crippen molar-refractivity contribution < 1.29 is 0 Å². The SMILES string of the molecule is CCC1CC(C)CCC1N[C@@H]1C[C@H]1C. The minimum atomic E-state index is 0.839. The Morgan fingerprint density at radius 3 is 2.36 bits per heavy atom. The van der Waals surface area contributed by atoms with Crippen molar-refractivity contribution in [2.75, 3.05) is 0 Å². The second-order valence-corrected chi connectivity index (χ2v) is 5.68. The molecule has 0 spiro atoms. The highest BCUT2D eigenvalue weighted by Gasteiger charge is 2.37. The molecule has 0 amide bonds. The highest BCUT2D eigenvalue weighted by atomic mass is 15.0. The molecule has 82 valence electrons. The van der Waals surface area contributed by atoms with Gasteiger partial charge in [-0.05, 0) is 43.4 Å². The lowest BCUT2D eigenvalue weighted by Crippen LogP contribution is -2.41. The Labute approximate surface area is 88.7 Å². The summed E-state index contributed by atoms with van der Waals surface area (Å²) in [6.07, 6.45) is 7.10. The Hall–Kier alpha value is -0.0400. The van der Waals surface area contributed by atoms with Crippen LogP contribution in [0.5, 0.6) is 0 Å². The zero-order chi connectivity index (χ0) is 10.1. The van der Waals surface area contributed by atoms with E-state index in [0.717, 1.165) is 29.8 Å². The Bertz CT molecular complexity index is 190. The van der Waals surface area contributed by atoms with Gasteiger partial charge in [0.05, 0.1) is 0 Å². The third-order valence-corrected chi connectivity index (χ3v) is 4.31. The molecule has 2 fully saturated rings. The molecule has 5 atom stereocenters. The molecule has 14 heavy (non-hydrogen) atoms. The zero-order valence-corrected chi connectivity index (χ0v) is 9.92. The van der Waals surface area contributed by atoms with Crippen LogP contribution < -0.4 is 5.32 Å². The van der Waals surface area contributed by atoms with E-state index in [9.17, 15) is 0 Å². The summed E-state index contributed by atoms with van der Waals surface area (Å²) in [4.78, 5) is 0. The smallest absolute Gasteiger partial charge is 0.00990 e. The Morgan fingerprint density at radius 1 is 1.07 bits per heavy atom. The van der Waals surface area contributed by atoms with Crippen molar-refractivity contribution in [1.82, 2.24) is 5.32 Å². The monoisotopic (exact) mass is 195 g/mol.